The molecule has 0 radical (unpaired) electrons. The summed E-state index contributed by atoms with van der Waals surface area (Å²) >= 11 is 0. The lowest BCUT2D eigenvalue weighted by Crippen LogP contribution is -2.47. The molecule has 1 fully saturated rings. The number of likely N-dealkylation sites (N-methyl/N-ethyl adjacent to an activating group) is 1. The lowest BCUT2D eigenvalue weighted by atomic mass is 10.1. The minimum atomic E-state index is -0.361. The number of ether oxygens (including phenoxy) is 1. The van der Waals surface area contributed by atoms with E-state index in [9.17, 15) is 9.59 Å². The van der Waals surface area contributed by atoms with Gasteiger partial charge in [0.1, 0.15) is 0 Å². The highest BCUT2D eigenvalue weighted by Crippen LogP contribution is 2.23. The highest BCUT2D eigenvalue weighted by molar-refractivity contribution is 5.90. The number of aromatic nitrogens is 3. The predicted octanol–water partition coefficient (Wildman–Crippen LogP) is 1.96. The lowest BCUT2D eigenvalue weighted by Gasteiger charge is -2.36. The molecule has 0 atom stereocenters. The second-order valence-electron chi connectivity index (χ2n) is 8.55. The van der Waals surface area contributed by atoms with Gasteiger partial charge >= 0.3 is 5.97 Å². The number of nitrogens with zero attached hydrogens (tertiary/aromatic N) is 6. The summed E-state index contributed by atoms with van der Waals surface area (Å²) in [7, 11) is 1.74. The van der Waals surface area contributed by atoms with Crippen LogP contribution in [0.1, 0.15) is 22.8 Å². The summed E-state index contributed by atoms with van der Waals surface area (Å²) in [5.41, 5.74) is 9.72. The van der Waals surface area contributed by atoms with Gasteiger partial charge < -0.3 is 25.2 Å². The first-order valence-corrected chi connectivity index (χ1v) is 12.0. The number of rotatable bonds is 8. The van der Waals surface area contributed by atoms with Crippen LogP contribution in [0.2, 0.25) is 0 Å². The van der Waals surface area contributed by atoms with Gasteiger partial charge in [0.2, 0.25) is 11.9 Å². The molecular weight excluding hydrogens is 458 g/mol. The maximum absolute atomic E-state index is 12.0. The van der Waals surface area contributed by atoms with Crippen LogP contribution >= 0.6 is 0 Å². The van der Waals surface area contributed by atoms with Gasteiger partial charge in [-0.1, -0.05) is 18.2 Å². The van der Waals surface area contributed by atoms with E-state index in [1.807, 2.05) is 42.7 Å². The number of hydrogen-bond acceptors (Lipinski definition) is 9. The Morgan fingerprint density at radius 3 is 2.42 bits per heavy atom. The quantitative estimate of drug-likeness (QED) is 0.474. The molecule has 0 unspecified atom stereocenters. The molecule has 36 heavy (non-hydrogen) atoms. The number of amides is 1. The van der Waals surface area contributed by atoms with E-state index in [0.717, 1.165) is 48.6 Å². The van der Waals surface area contributed by atoms with Gasteiger partial charge in [0.25, 0.3) is 0 Å². The number of anilines is 2. The van der Waals surface area contributed by atoms with Crippen molar-refractivity contribution < 1.29 is 14.3 Å². The smallest absolute Gasteiger partial charge is 0.339 e. The zero-order valence-corrected chi connectivity index (χ0v) is 20.6. The number of pyridine rings is 1. The zero-order chi connectivity index (χ0) is 25.5. The minimum Gasteiger partial charge on any atom is -0.462 e. The van der Waals surface area contributed by atoms with E-state index < -0.39 is 0 Å². The van der Waals surface area contributed by atoms with Crippen LogP contribution in [0.15, 0.2) is 55.1 Å². The number of carbonyl (C=O) groups is 2. The average molecular weight is 490 g/mol. The fourth-order valence-electron chi connectivity index (χ4n) is 4.09. The van der Waals surface area contributed by atoms with Crippen LogP contribution in [-0.2, 0) is 16.1 Å². The summed E-state index contributed by atoms with van der Waals surface area (Å²) in [6, 6.07) is 9.81. The number of carbonyl (C=O) groups excluding carboxylic acids is 2. The molecule has 0 bridgehead atoms. The Bertz CT molecular complexity index is 1190. The molecule has 10 heteroatoms. The summed E-state index contributed by atoms with van der Waals surface area (Å²) in [5, 5.41) is 0. The van der Waals surface area contributed by atoms with Gasteiger partial charge in [-0.3, -0.25) is 9.78 Å². The fourth-order valence-corrected chi connectivity index (χ4v) is 4.09. The van der Waals surface area contributed by atoms with Crippen molar-refractivity contribution in [2.24, 2.45) is 5.73 Å². The Morgan fingerprint density at radius 2 is 1.72 bits per heavy atom. The molecule has 1 saturated heterocycles. The first-order valence-electron chi connectivity index (χ1n) is 12.0. The molecule has 188 valence electrons. The maximum atomic E-state index is 12.0. The number of nitrogens with two attached hydrogens (primary N) is 1. The van der Waals surface area contributed by atoms with Crippen molar-refractivity contribution in [1.82, 2.24) is 19.9 Å². The van der Waals surface area contributed by atoms with Gasteiger partial charge in [-0.05, 0) is 30.2 Å². The Morgan fingerprint density at radius 1 is 1.00 bits per heavy atom. The Labute approximate surface area is 210 Å². The normalized spacial score (nSPS) is 13.4. The van der Waals surface area contributed by atoms with Crippen molar-refractivity contribution in [3.63, 3.8) is 0 Å². The first-order chi connectivity index (χ1) is 17.5. The molecule has 1 aliphatic rings. The minimum absolute atomic E-state index is 0.00335. The zero-order valence-electron chi connectivity index (χ0n) is 20.6. The third kappa shape index (κ3) is 5.95. The highest BCUT2D eigenvalue weighted by atomic mass is 16.5. The summed E-state index contributed by atoms with van der Waals surface area (Å²) < 4.78 is 5.08. The molecule has 0 aliphatic carbocycles. The molecule has 0 saturated carbocycles. The van der Waals surface area contributed by atoms with Gasteiger partial charge in [-0.25, -0.2) is 14.8 Å². The van der Waals surface area contributed by atoms with Crippen molar-refractivity contribution in [2.75, 3.05) is 56.2 Å². The molecule has 1 aromatic carbocycles. The van der Waals surface area contributed by atoms with E-state index in [1.54, 1.807) is 25.1 Å². The number of hydrogen-bond donors (Lipinski definition) is 1. The van der Waals surface area contributed by atoms with Crippen LogP contribution in [0, 0.1) is 0 Å². The van der Waals surface area contributed by atoms with E-state index >= 15 is 0 Å². The van der Waals surface area contributed by atoms with Gasteiger partial charge in [-0.2, -0.15) is 0 Å². The van der Waals surface area contributed by atoms with E-state index in [2.05, 4.69) is 24.8 Å². The number of benzene rings is 1. The second kappa shape index (κ2) is 11.6. The predicted molar refractivity (Wildman–Crippen MR) is 138 cm³/mol. The van der Waals surface area contributed by atoms with Gasteiger partial charge in [0.15, 0.2) is 0 Å². The molecule has 0 spiro atoms. The topological polar surface area (TPSA) is 118 Å². The standard InChI is InChI=1S/C26H31N7O3/c1-3-36-25(35)21-12-23(17-28-14-21)32-7-9-33(10-8-32)26-29-15-22(16-30-26)20-6-4-5-19(11-20)18-31(2)24(34)13-27/h4-6,11-12,14-17H,3,7-10,13,18,27H2,1-2H3. The summed E-state index contributed by atoms with van der Waals surface area (Å²) in [6.45, 7) is 5.63. The monoisotopic (exact) mass is 489 g/mol. The third-order valence-corrected chi connectivity index (χ3v) is 6.08. The van der Waals surface area contributed by atoms with Crippen LogP contribution in [0.5, 0.6) is 0 Å². The Hall–Kier alpha value is -4.05. The first kappa shape index (κ1) is 25.1. The Balaban J connectivity index is 1.37. The SMILES string of the molecule is CCOC(=O)c1cncc(N2CCN(c3ncc(-c4cccc(CN(C)C(=O)CN)c4)cn3)CC2)c1. The van der Waals surface area contributed by atoms with Crippen molar-refractivity contribution >= 4 is 23.5 Å². The lowest BCUT2D eigenvalue weighted by molar-refractivity contribution is -0.128. The molecule has 10 nitrogen and oxygen atoms in total. The number of esters is 1. The van der Waals surface area contributed by atoms with E-state index in [0.29, 0.717) is 24.7 Å². The number of piperazine rings is 1. The van der Waals surface area contributed by atoms with Crippen LogP contribution in [0.4, 0.5) is 11.6 Å². The van der Waals surface area contributed by atoms with Crippen molar-refractivity contribution in [3.8, 4) is 11.1 Å². The van der Waals surface area contributed by atoms with Crippen LogP contribution in [0.25, 0.3) is 11.1 Å². The van der Waals surface area contributed by atoms with Gasteiger partial charge in [0.05, 0.1) is 30.6 Å². The maximum Gasteiger partial charge on any atom is 0.339 e. The molecule has 2 N–H and O–H groups in total. The highest BCUT2D eigenvalue weighted by Gasteiger charge is 2.20. The summed E-state index contributed by atoms with van der Waals surface area (Å²) in [4.78, 5) is 43.2. The van der Waals surface area contributed by atoms with Gasteiger partial charge in [-0.15, -0.1) is 0 Å². The second-order valence-corrected chi connectivity index (χ2v) is 8.55. The van der Waals surface area contributed by atoms with E-state index in [4.69, 9.17) is 10.5 Å². The van der Waals surface area contributed by atoms with Crippen LogP contribution in [-0.4, -0.2) is 78.1 Å². The molecule has 1 aliphatic heterocycles. The largest absolute Gasteiger partial charge is 0.462 e. The molecule has 3 aromatic rings. The van der Waals surface area contributed by atoms with Crippen molar-refractivity contribution in [3.05, 3.63) is 66.2 Å². The van der Waals surface area contributed by atoms with Crippen LogP contribution < -0.4 is 15.5 Å². The van der Waals surface area contributed by atoms with Crippen molar-refractivity contribution in [1.29, 1.82) is 0 Å². The van der Waals surface area contributed by atoms with Crippen molar-refractivity contribution in [2.45, 2.75) is 13.5 Å². The fraction of sp³-hybridized carbons (Fsp3) is 0.346. The van der Waals surface area contributed by atoms with E-state index in [1.165, 1.54) is 6.20 Å². The van der Waals surface area contributed by atoms with E-state index in [-0.39, 0.29) is 18.4 Å². The summed E-state index contributed by atoms with van der Waals surface area (Å²) in [6.07, 6.45) is 6.95. The molecular formula is C26H31N7O3. The Kier molecular flexibility index (Phi) is 8.06. The molecule has 2 aromatic heterocycles. The third-order valence-electron chi connectivity index (χ3n) is 6.08. The van der Waals surface area contributed by atoms with Crippen LogP contribution in [0.3, 0.4) is 0 Å². The molecule has 1 amide bonds. The average Bonchev–Trinajstić information content (AvgIpc) is 2.93. The summed E-state index contributed by atoms with van der Waals surface area (Å²) in [5.74, 6) is 0.220. The molecule has 4 rings (SSSR count). The van der Waals surface area contributed by atoms with Gasteiger partial charge in [0, 0.05) is 63.9 Å². The molecule has 3 heterocycles.